The van der Waals surface area contributed by atoms with E-state index >= 15 is 0 Å². The highest BCUT2D eigenvalue weighted by atomic mass is 16.4. The van der Waals surface area contributed by atoms with E-state index in [9.17, 15) is 9.90 Å². The third-order valence-electron chi connectivity index (χ3n) is 4.68. The van der Waals surface area contributed by atoms with E-state index in [1.54, 1.807) is 16.3 Å². The summed E-state index contributed by atoms with van der Waals surface area (Å²) in [7, 11) is 0. The highest BCUT2D eigenvalue weighted by Crippen LogP contribution is 2.33. The zero-order valence-corrected chi connectivity index (χ0v) is 14.0. The van der Waals surface area contributed by atoms with Crippen LogP contribution in [0.2, 0.25) is 0 Å². The molecule has 0 saturated carbocycles. The number of anilines is 3. The smallest absolute Gasteiger partial charge is 0.329 e. The van der Waals surface area contributed by atoms with Crippen molar-refractivity contribution in [2.75, 3.05) is 16.8 Å². The molecule has 0 unspecified atom stereocenters. The van der Waals surface area contributed by atoms with Crippen molar-refractivity contribution < 1.29 is 9.90 Å². The average molecular weight is 341 g/mol. The van der Waals surface area contributed by atoms with Crippen LogP contribution in [0.3, 0.4) is 0 Å². The van der Waals surface area contributed by atoms with Crippen LogP contribution in [0.4, 0.5) is 17.6 Å². The Morgan fingerprint density at radius 3 is 3.04 bits per heavy atom. The molecular weight excluding hydrogens is 322 g/mol. The first-order valence-electron chi connectivity index (χ1n) is 8.13. The molecule has 0 amide bonds. The van der Waals surface area contributed by atoms with Crippen LogP contribution in [-0.4, -0.2) is 48.0 Å². The molecule has 3 aromatic rings. The van der Waals surface area contributed by atoms with Gasteiger partial charge in [-0.2, -0.15) is 10.1 Å². The minimum absolute atomic E-state index is 0.390. The normalized spacial score (nSPS) is 20.3. The molecule has 0 spiro atoms. The first kappa shape index (κ1) is 15.4. The molecule has 3 aromatic heterocycles. The summed E-state index contributed by atoms with van der Waals surface area (Å²) in [6.45, 7) is 4.24. The number of hydrogen-bond acceptors (Lipinski definition) is 6. The van der Waals surface area contributed by atoms with Crippen LogP contribution in [0.25, 0.3) is 5.52 Å². The molecule has 0 bridgehead atoms. The summed E-state index contributed by atoms with van der Waals surface area (Å²) in [4.78, 5) is 18.1. The number of fused-ring (bicyclic) bond motifs is 1. The molecular formula is C16H19N7O2. The molecule has 1 atom stereocenters. The molecule has 0 aromatic carbocycles. The van der Waals surface area contributed by atoms with Crippen molar-refractivity contribution in [3.05, 3.63) is 30.1 Å². The van der Waals surface area contributed by atoms with Gasteiger partial charge in [0.1, 0.15) is 11.1 Å². The number of aromatic amines is 1. The van der Waals surface area contributed by atoms with Crippen LogP contribution in [0, 0.1) is 6.92 Å². The van der Waals surface area contributed by atoms with Gasteiger partial charge in [-0.1, -0.05) is 0 Å². The minimum Gasteiger partial charge on any atom is -0.480 e. The number of nitrogens with one attached hydrogen (secondary N) is 2. The lowest BCUT2D eigenvalue weighted by atomic mass is 10.00. The number of carboxylic acids is 1. The van der Waals surface area contributed by atoms with Crippen LogP contribution < -0.4 is 10.2 Å². The molecule has 130 valence electrons. The van der Waals surface area contributed by atoms with E-state index in [1.807, 2.05) is 31.3 Å². The van der Waals surface area contributed by atoms with Crippen molar-refractivity contribution in [2.24, 2.45) is 0 Å². The Morgan fingerprint density at radius 1 is 1.48 bits per heavy atom. The molecule has 9 nitrogen and oxygen atoms in total. The molecule has 0 radical (unpaired) electrons. The Hall–Kier alpha value is -3.10. The minimum atomic E-state index is -0.999. The second-order valence-corrected chi connectivity index (χ2v) is 6.49. The van der Waals surface area contributed by atoms with Crippen LogP contribution >= 0.6 is 0 Å². The van der Waals surface area contributed by atoms with Gasteiger partial charge >= 0.3 is 5.97 Å². The first-order valence-corrected chi connectivity index (χ1v) is 8.13. The maximum atomic E-state index is 11.8. The second-order valence-electron chi connectivity index (χ2n) is 6.49. The van der Waals surface area contributed by atoms with Gasteiger partial charge in [-0.15, -0.1) is 5.10 Å². The fourth-order valence-corrected chi connectivity index (χ4v) is 3.24. The van der Waals surface area contributed by atoms with E-state index in [2.05, 4.69) is 25.6 Å². The average Bonchev–Trinajstić information content (AvgIpc) is 3.27. The summed E-state index contributed by atoms with van der Waals surface area (Å²) in [6, 6.07) is 5.64. The van der Waals surface area contributed by atoms with Crippen LogP contribution in [-0.2, 0) is 4.79 Å². The summed E-state index contributed by atoms with van der Waals surface area (Å²) in [5.41, 5.74) is 0.725. The van der Waals surface area contributed by atoms with Crippen molar-refractivity contribution in [1.29, 1.82) is 0 Å². The molecule has 1 aliphatic rings. The highest BCUT2D eigenvalue weighted by Gasteiger charge is 2.45. The topological polar surface area (TPSA) is 111 Å². The molecule has 1 fully saturated rings. The molecule has 3 N–H and O–H groups in total. The summed E-state index contributed by atoms with van der Waals surface area (Å²) in [6.07, 6.45) is 3.17. The summed E-state index contributed by atoms with van der Waals surface area (Å²) < 4.78 is 1.70. The number of carboxylic acid groups (broad SMARTS) is 1. The standard InChI is InChI=1S/C16H19N7O2/c1-10-9-12(20-19-10)17-13-11-5-3-8-23(11)21-15(18-13)22-7-4-6-16(22,2)14(24)25/h3,5,8-9H,4,6-7H2,1-2H3,(H,24,25)(H2,17,18,19,20,21)/t16-/m0/s1. The van der Waals surface area contributed by atoms with Gasteiger partial charge in [-0.05, 0) is 38.8 Å². The Balaban J connectivity index is 1.79. The van der Waals surface area contributed by atoms with Gasteiger partial charge in [0.2, 0.25) is 5.95 Å². The van der Waals surface area contributed by atoms with Gasteiger partial charge in [0.25, 0.3) is 0 Å². The van der Waals surface area contributed by atoms with E-state index in [4.69, 9.17) is 0 Å². The Kier molecular flexibility index (Phi) is 3.38. The van der Waals surface area contributed by atoms with Gasteiger partial charge in [-0.3, -0.25) is 5.10 Å². The number of aromatic nitrogens is 5. The predicted octanol–water partition coefficient (Wildman–Crippen LogP) is 1.95. The van der Waals surface area contributed by atoms with E-state index in [0.29, 0.717) is 30.5 Å². The van der Waals surface area contributed by atoms with Crippen LogP contribution in [0.15, 0.2) is 24.4 Å². The number of carbonyl (C=O) groups is 1. The monoisotopic (exact) mass is 341 g/mol. The molecule has 4 rings (SSSR count). The maximum absolute atomic E-state index is 11.8. The third kappa shape index (κ3) is 2.48. The lowest BCUT2D eigenvalue weighted by molar-refractivity contribution is -0.142. The molecule has 0 aliphatic carbocycles. The van der Waals surface area contributed by atoms with Crippen molar-refractivity contribution in [1.82, 2.24) is 24.8 Å². The van der Waals surface area contributed by atoms with Gasteiger partial charge in [0.15, 0.2) is 11.6 Å². The summed E-state index contributed by atoms with van der Waals surface area (Å²) >= 11 is 0. The van der Waals surface area contributed by atoms with Crippen molar-refractivity contribution in [3.63, 3.8) is 0 Å². The van der Waals surface area contributed by atoms with E-state index in [-0.39, 0.29) is 0 Å². The maximum Gasteiger partial charge on any atom is 0.329 e. The van der Waals surface area contributed by atoms with Gasteiger partial charge in [0.05, 0.1) is 0 Å². The number of aliphatic carboxylic acids is 1. The van der Waals surface area contributed by atoms with Crippen LogP contribution in [0.5, 0.6) is 0 Å². The fourth-order valence-electron chi connectivity index (χ4n) is 3.24. The Labute approximate surface area is 143 Å². The molecule has 25 heavy (non-hydrogen) atoms. The highest BCUT2D eigenvalue weighted by molar-refractivity contribution is 5.83. The lowest BCUT2D eigenvalue weighted by Gasteiger charge is -2.31. The molecule has 1 saturated heterocycles. The Bertz CT molecular complexity index is 947. The first-order chi connectivity index (χ1) is 12.0. The second kappa shape index (κ2) is 5.47. The number of H-pyrrole nitrogens is 1. The number of rotatable bonds is 4. The van der Waals surface area contributed by atoms with Gasteiger partial charge in [-0.25, -0.2) is 9.31 Å². The van der Waals surface area contributed by atoms with Crippen molar-refractivity contribution in [3.8, 4) is 0 Å². The van der Waals surface area contributed by atoms with E-state index < -0.39 is 11.5 Å². The third-order valence-corrected chi connectivity index (χ3v) is 4.68. The van der Waals surface area contributed by atoms with Crippen molar-refractivity contribution >= 4 is 29.1 Å². The lowest BCUT2D eigenvalue weighted by Crippen LogP contribution is -2.49. The molecule has 1 aliphatic heterocycles. The summed E-state index contributed by atoms with van der Waals surface area (Å²) in [5.74, 6) is 0.758. The van der Waals surface area contributed by atoms with E-state index in [1.165, 1.54) is 0 Å². The number of nitrogens with zero attached hydrogens (tertiary/aromatic N) is 5. The zero-order valence-electron chi connectivity index (χ0n) is 14.0. The predicted molar refractivity (Wildman–Crippen MR) is 92.2 cm³/mol. The number of hydrogen-bond donors (Lipinski definition) is 3. The quantitative estimate of drug-likeness (QED) is 0.665. The van der Waals surface area contributed by atoms with Crippen LogP contribution in [0.1, 0.15) is 25.5 Å². The van der Waals surface area contributed by atoms with E-state index in [0.717, 1.165) is 17.6 Å². The molecule has 9 heteroatoms. The van der Waals surface area contributed by atoms with Gasteiger partial charge < -0.3 is 15.3 Å². The SMILES string of the molecule is Cc1cc(Nc2nc(N3CCC[C@@]3(C)C(=O)O)nn3cccc23)n[nH]1. The largest absolute Gasteiger partial charge is 0.480 e. The number of aryl methyl sites for hydroxylation is 1. The van der Waals surface area contributed by atoms with Gasteiger partial charge in [0, 0.05) is 24.5 Å². The van der Waals surface area contributed by atoms with Crippen molar-refractivity contribution in [2.45, 2.75) is 32.2 Å². The Morgan fingerprint density at radius 2 is 2.32 bits per heavy atom. The summed E-state index contributed by atoms with van der Waals surface area (Å²) in [5, 5.41) is 24.4. The fraction of sp³-hybridized carbons (Fsp3) is 0.375. The molecule has 4 heterocycles. The zero-order chi connectivity index (χ0) is 17.6.